The highest BCUT2D eigenvalue weighted by Crippen LogP contribution is 2.30. The van der Waals surface area contributed by atoms with Crippen molar-refractivity contribution in [3.05, 3.63) is 40.7 Å². The van der Waals surface area contributed by atoms with Crippen molar-refractivity contribution in [2.24, 2.45) is 0 Å². The van der Waals surface area contributed by atoms with Gasteiger partial charge in [0.05, 0.1) is 10.3 Å². The first-order valence-corrected chi connectivity index (χ1v) is 7.24. The largest absolute Gasteiger partial charge is 0.384 e. The van der Waals surface area contributed by atoms with Gasteiger partial charge in [-0.15, -0.1) is 0 Å². The van der Waals surface area contributed by atoms with E-state index in [0.717, 1.165) is 30.6 Å². The molecule has 1 aromatic carbocycles. The molecule has 6 nitrogen and oxygen atoms in total. The summed E-state index contributed by atoms with van der Waals surface area (Å²) in [5, 5.41) is 19.3. The zero-order valence-corrected chi connectivity index (χ0v) is 11.7. The van der Waals surface area contributed by atoms with Crippen LogP contribution >= 0.6 is 0 Å². The number of nitrogens with zero attached hydrogens (tertiary/aromatic N) is 2. The highest BCUT2D eigenvalue weighted by atomic mass is 16.6. The van der Waals surface area contributed by atoms with E-state index in [-0.39, 0.29) is 10.6 Å². The molecule has 2 heterocycles. The van der Waals surface area contributed by atoms with Crippen molar-refractivity contribution in [3.63, 3.8) is 0 Å². The fourth-order valence-electron chi connectivity index (χ4n) is 2.87. The number of hydrogen-bond donors (Lipinski definition) is 2. The number of fused-ring (bicyclic) bond motifs is 1. The molecule has 6 heteroatoms. The first-order chi connectivity index (χ1) is 10.3. The monoisotopic (exact) mass is 286 g/mol. The van der Waals surface area contributed by atoms with E-state index in [1.807, 2.05) is 0 Å². The van der Waals surface area contributed by atoms with Gasteiger partial charge in [0.25, 0.3) is 5.69 Å². The van der Waals surface area contributed by atoms with Gasteiger partial charge in [-0.3, -0.25) is 15.1 Å². The molecule has 1 fully saturated rings. The first-order valence-electron chi connectivity index (χ1n) is 7.24. The molecule has 1 aliphatic rings. The smallest absolute Gasteiger partial charge is 0.277 e. The Hall–Kier alpha value is -2.21. The zero-order chi connectivity index (χ0) is 14.7. The summed E-state index contributed by atoms with van der Waals surface area (Å²) in [6.07, 6.45) is 6.79. The van der Waals surface area contributed by atoms with Crippen LogP contribution in [-0.4, -0.2) is 29.0 Å². The number of aromatic nitrogens is 1. The minimum Gasteiger partial charge on any atom is -0.384 e. The van der Waals surface area contributed by atoms with Gasteiger partial charge in [-0.05, 0) is 37.9 Å². The van der Waals surface area contributed by atoms with Gasteiger partial charge in [0.1, 0.15) is 0 Å². The molecule has 3 rings (SSSR count). The van der Waals surface area contributed by atoms with Crippen molar-refractivity contribution in [1.29, 1.82) is 0 Å². The number of nitro benzene ring substituents is 1. The second-order valence-corrected chi connectivity index (χ2v) is 5.32. The lowest BCUT2D eigenvalue weighted by Crippen LogP contribution is -2.24. The van der Waals surface area contributed by atoms with Crippen molar-refractivity contribution in [2.75, 3.05) is 18.4 Å². The van der Waals surface area contributed by atoms with E-state index in [4.69, 9.17) is 0 Å². The van der Waals surface area contributed by atoms with Gasteiger partial charge in [-0.25, -0.2) is 0 Å². The Morgan fingerprint density at radius 3 is 3.05 bits per heavy atom. The maximum Gasteiger partial charge on any atom is 0.277 e. The minimum atomic E-state index is -0.353. The molecule has 0 aliphatic carbocycles. The summed E-state index contributed by atoms with van der Waals surface area (Å²) in [5.74, 6) is 0. The van der Waals surface area contributed by atoms with Gasteiger partial charge in [-0.1, -0.05) is 0 Å². The van der Waals surface area contributed by atoms with Gasteiger partial charge < -0.3 is 10.6 Å². The molecule has 2 aromatic rings. The normalized spacial score (nSPS) is 18.0. The third kappa shape index (κ3) is 2.95. The standard InChI is InChI=1S/C15H18N4O2/c20-19(21)15-4-3-14(13-10-16-8-6-12(13)15)18-9-5-11-2-1-7-17-11/h3-4,6,8,10-11,17-18H,1-2,5,7,9H2. The van der Waals surface area contributed by atoms with Crippen molar-refractivity contribution in [2.45, 2.75) is 25.3 Å². The van der Waals surface area contributed by atoms with Gasteiger partial charge in [0.15, 0.2) is 0 Å². The van der Waals surface area contributed by atoms with Crippen molar-refractivity contribution in [3.8, 4) is 0 Å². The van der Waals surface area contributed by atoms with E-state index in [1.54, 1.807) is 30.6 Å². The molecule has 1 atom stereocenters. The molecule has 21 heavy (non-hydrogen) atoms. The van der Waals surface area contributed by atoms with Crippen LogP contribution in [0.5, 0.6) is 0 Å². The molecule has 0 saturated carbocycles. The number of rotatable bonds is 5. The van der Waals surface area contributed by atoms with E-state index < -0.39 is 0 Å². The van der Waals surface area contributed by atoms with Crippen LogP contribution in [0, 0.1) is 10.1 Å². The van der Waals surface area contributed by atoms with Crippen LogP contribution in [0.2, 0.25) is 0 Å². The Balaban J connectivity index is 1.79. The van der Waals surface area contributed by atoms with E-state index in [2.05, 4.69) is 15.6 Å². The second-order valence-electron chi connectivity index (χ2n) is 5.32. The van der Waals surface area contributed by atoms with Gasteiger partial charge in [-0.2, -0.15) is 0 Å². The first kappa shape index (κ1) is 13.8. The highest BCUT2D eigenvalue weighted by Gasteiger charge is 2.15. The molecule has 0 bridgehead atoms. The van der Waals surface area contributed by atoms with E-state index in [0.29, 0.717) is 11.4 Å². The summed E-state index contributed by atoms with van der Waals surface area (Å²) >= 11 is 0. The summed E-state index contributed by atoms with van der Waals surface area (Å²) in [6, 6.07) is 5.60. The van der Waals surface area contributed by atoms with Crippen LogP contribution in [0.4, 0.5) is 11.4 Å². The SMILES string of the molecule is O=[N+]([O-])c1ccc(NCCC2CCCN2)c2cnccc12. The summed E-state index contributed by atoms with van der Waals surface area (Å²) in [5.41, 5.74) is 1.03. The third-order valence-electron chi connectivity index (χ3n) is 3.96. The summed E-state index contributed by atoms with van der Waals surface area (Å²) < 4.78 is 0. The number of non-ortho nitro benzene ring substituents is 1. The van der Waals surface area contributed by atoms with Crippen LogP contribution < -0.4 is 10.6 Å². The Bertz CT molecular complexity index is 653. The summed E-state index contributed by atoms with van der Waals surface area (Å²) in [7, 11) is 0. The van der Waals surface area contributed by atoms with E-state index in [1.165, 1.54) is 12.8 Å². The Morgan fingerprint density at radius 2 is 2.29 bits per heavy atom. The maximum atomic E-state index is 11.1. The highest BCUT2D eigenvalue weighted by molar-refractivity contribution is 5.99. The van der Waals surface area contributed by atoms with Gasteiger partial charge in [0.2, 0.25) is 0 Å². The zero-order valence-electron chi connectivity index (χ0n) is 11.7. The van der Waals surface area contributed by atoms with Crippen LogP contribution in [-0.2, 0) is 0 Å². The topological polar surface area (TPSA) is 80.1 Å². The van der Waals surface area contributed by atoms with Crippen molar-refractivity contribution in [1.82, 2.24) is 10.3 Å². The Kier molecular flexibility index (Phi) is 3.96. The second kappa shape index (κ2) is 6.05. The average molecular weight is 286 g/mol. The van der Waals surface area contributed by atoms with E-state index in [9.17, 15) is 10.1 Å². The van der Waals surface area contributed by atoms with Crippen LogP contribution in [0.25, 0.3) is 10.8 Å². The Morgan fingerprint density at radius 1 is 1.38 bits per heavy atom. The lowest BCUT2D eigenvalue weighted by Gasteiger charge is -2.13. The maximum absolute atomic E-state index is 11.1. The number of benzene rings is 1. The minimum absolute atomic E-state index is 0.121. The molecule has 0 amide bonds. The number of nitro groups is 1. The summed E-state index contributed by atoms with van der Waals surface area (Å²) in [4.78, 5) is 14.8. The van der Waals surface area contributed by atoms with Crippen molar-refractivity contribution < 1.29 is 4.92 Å². The Labute approximate surface area is 122 Å². The molecular formula is C15H18N4O2. The van der Waals surface area contributed by atoms with Crippen LogP contribution in [0.15, 0.2) is 30.6 Å². The predicted molar refractivity (Wildman–Crippen MR) is 82.5 cm³/mol. The lowest BCUT2D eigenvalue weighted by atomic mass is 10.1. The molecule has 1 aromatic heterocycles. The molecule has 0 spiro atoms. The molecular weight excluding hydrogens is 268 g/mol. The van der Waals surface area contributed by atoms with Crippen LogP contribution in [0.3, 0.4) is 0 Å². The van der Waals surface area contributed by atoms with Crippen molar-refractivity contribution >= 4 is 22.1 Å². The van der Waals surface area contributed by atoms with Gasteiger partial charge >= 0.3 is 0 Å². The van der Waals surface area contributed by atoms with Gasteiger partial charge in [0, 0.05) is 42.1 Å². The molecule has 1 saturated heterocycles. The number of hydrogen-bond acceptors (Lipinski definition) is 5. The predicted octanol–water partition coefficient (Wildman–Crippen LogP) is 2.70. The van der Waals surface area contributed by atoms with E-state index >= 15 is 0 Å². The molecule has 0 radical (unpaired) electrons. The lowest BCUT2D eigenvalue weighted by molar-refractivity contribution is -0.383. The fourth-order valence-corrected chi connectivity index (χ4v) is 2.87. The fraction of sp³-hybridized carbons (Fsp3) is 0.400. The number of anilines is 1. The molecule has 1 unspecified atom stereocenters. The summed E-state index contributed by atoms with van der Waals surface area (Å²) in [6.45, 7) is 1.95. The van der Waals surface area contributed by atoms with Crippen LogP contribution in [0.1, 0.15) is 19.3 Å². The number of nitrogens with one attached hydrogen (secondary N) is 2. The average Bonchev–Trinajstić information content (AvgIpc) is 3.00. The number of pyridine rings is 1. The quantitative estimate of drug-likeness (QED) is 0.652. The third-order valence-corrected chi connectivity index (χ3v) is 3.96. The molecule has 1 aliphatic heterocycles. The molecule has 110 valence electrons. The molecule has 2 N–H and O–H groups in total.